The Bertz CT molecular complexity index is 448. The van der Waals surface area contributed by atoms with Gasteiger partial charge in [-0.2, -0.15) is 18.3 Å². The molecular weight excluding hydrogens is 237 g/mol. The lowest BCUT2D eigenvalue weighted by Gasteiger charge is -2.06. The van der Waals surface area contributed by atoms with Gasteiger partial charge in [0.15, 0.2) is 0 Å². The molecule has 0 atom stereocenters. The fourth-order valence-electron chi connectivity index (χ4n) is 1.22. The second-order valence-electron chi connectivity index (χ2n) is 2.99. The summed E-state index contributed by atoms with van der Waals surface area (Å²) < 4.78 is 37.8. The molecule has 0 saturated carbocycles. The third-order valence-corrected chi connectivity index (χ3v) is 2.58. The van der Waals surface area contributed by atoms with Gasteiger partial charge in [0, 0.05) is 17.3 Å². The van der Waals surface area contributed by atoms with Crippen molar-refractivity contribution in [2.45, 2.75) is 10.4 Å². The molecule has 0 fully saturated rings. The number of thioether (sulfide) groups is 1. The predicted octanol–water partition coefficient (Wildman–Crippen LogP) is 3.48. The van der Waals surface area contributed by atoms with Crippen molar-refractivity contribution in [2.75, 3.05) is 0 Å². The van der Waals surface area contributed by atoms with E-state index in [9.17, 15) is 13.2 Å². The van der Waals surface area contributed by atoms with Gasteiger partial charge in [-0.3, -0.25) is 0 Å². The van der Waals surface area contributed by atoms with Crippen molar-refractivity contribution >= 4 is 11.8 Å². The molecule has 2 nitrogen and oxygen atoms in total. The lowest BCUT2D eigenvalue weighted by atomic mass is 10.3. The Labute approximate surface area is 94.1 Å². The van der Waals surface area contributed by atoms with Crippen LogP contribution in [-0.2, 0) is 0 Å². The number of halogens is 3. The lowest BCUT2D eigenvalue weighted by Crippen LogP contribution is -1.99. The zero-order valence-electron chi connectivity index (χ0n) is 7.98. The van der Waals surface area contributed by atoms with Gasteiger partial charge in [0.1, 0.15) is 0 Å². The second kappa shape index (κ2) is 4.21. The molecule has 0 bridgehead atoms. The standard InChI is InChI=1S/C10H7F3N2S/c11-10(12,13)16-9-4-2-8(3-5-9)15-7-1-6-14-15/h1-7H. The maximum Gasteiger partial charge on any atom is 0.446 e. The summed E-state index contributed by atoms with van der Waals surface area (Å²) >= 11 is -0.123. The summed E-state index contributed by atoms with van der Waals surface area (Å²) in [5.74, 6) is 0. The van der Waals surface area contributed by atoms with Gasteiger partial charge in [-0.15, -0.1) is 0 Å². The van der Waals surface area contributed by atoms with Gasteiger partial charge >= 0.3 is 5.51 Å². The van der Waals surface area contributed by atoms with E-state index in [2.05, 4.69) is 5.10 Å². The number of hydrogen-bond donors (Lipinski definition) is 0. The van der Waals surface area contributed by atoms with Crippen molar-refractivity contribution in [3.05, 3.63) is 42.7 Å². The molecule has 0 amide bonds. The van der Waals surface area contributed by atoms with E-state index >= 15 is 0 Å². The van der Waals surface area contributed by atoms with Crippen molar-refractivity contribution in [1.82, 2.24) is 9.78 Å². The third-order valence-electron chi connectivity index (χ3n) is 1.84. The Hall–Kier alpha value is -1.43. The maximum absolute atomic E-state index is 12.1. The highest BCUT2D eigenvalue weighted by atomic mass is 32.2. The zero-order chi connectivity index (χ0) is 11.6. The number of alkyl halides is 3. The molecule has 0 saturated heterocycles. The molecular formula is C10H7F3N2S. The van der Waals surface area contributed by atoms with Gasteiger partial charge in [0.05, 0.1) is 5.69 Å². The summed E-state index contributed by atoms with van der Waals surface area (Å²) in [7, 11) is 0. The molecule has 0 aliphatic rings. The molecule has 0 radical (unpaired) electrons. The Kier molecular flexibility index (Phi) is 2.91. The highest BCUT2D eigenvalue weighted by Crippen LogP contribution is 2.36. The van der Waals surface area contributed by atoms with Crippen LogP contribution in [0.2, 0.25) is 0 Å². The monoisotopic (exact) mass is 244 g/mol. The van der Waals surface area contributed by atoms with Crippen LogP contribution >= 0.6 is 11.8 Å². The van der Waals surface area contributed by atoms with Crippen LogP contribution in [0, 0.1) is 0 Å². The Morgan fingerprint density at radius 2 is 1.81 bits per heavy atom. The average Bonchev–Trinajstić information content (AvgIpc) is 2.69. The Balaban J connectivity index is 2.17. The molecule has 6 heteroatoms. The van der Waals surface area contributed by atoms with Crippen LogP contribution in [0.5, 0.6) is 0 Å². The fraction of sp³-hybridized carbons (Fsp3) is 0.100. The van der Waals surface area contributed by atoms with Gasteiger partial charge in [-0.1, -0.05) is 0 Å². The highest BCUT2D eigenvalue weighted by Gasteiger charge is 2.28. The molecule has 0 aliphatic carbocycles. The number of hydrogen-bond acceptors (Lipinski definition) is 2. The number of rotatable bonds is 2. The molecule has 16 heavy (non-hydrogen) atoms. The van der Waals surface area contributed by atoms with E-state index in [-0.39, 0.29) is 16.7 Å². The second-order valence-corrected chi connectivity index (χ2v) is 4.13. The molecule has 1 aromatic carbocycles. The van der Waals surface area contributed by atoms with E-state index in [1.54, 1.807) is 35.3 Å². The molecule has 0 aliphatic heterocycles. The molecule has 0 unspecified atom stereocenters. The van der Waals surface area contributed by atoms with E-state index in [1.165, 1.54) is 12.1 Å². The van der Waals surface area contributed by atoms with Gasteiger partial charge in [-0.25, -0.2) is 4.68 Å². The summed E-state index contributed by atoms with van der Waals surface area (Å²) in [6, 6.07) is 7.80. The van der Waals surface area contributed by atoms with Crippen molar-refractivity contribution in [3.63, 3.8) is 0 Å². The molecule has 84 valence electrons. The summed E-state index contributed by atoms with van der Waals surface area (Å²) in [6.07, 6.45) is 3.34. The minimum absolute atomic E-state index is 0.123. The van der Waals surface area contributed by atoms with Crippen LogP contribution < -0.4 is 0 Å². The van der Waals surface area contributed by atoms with Crippen LogP contribution in [0.25, 0.3) is 5.69 Å². The summed E-state index contributed by atoms with van der Waals surface area (Å²) in [6.45, 7) is 0. The first-order chi connectivity index (χ1) is 7.54. The van der Waals surface area contributed by atoms with Crippen molar-refractivity contribution in [1.29, 1.82) is 0 Å². The van der Waals surface area contributed by atoms with E-state index in [0.717, 1.165) is 5.69 Å². The number of nitrogens with zero attached hydrogens (tertiary/aromatic N) is 2. The van der Waals surface area contributed by atoms with E-state index in [1.807, 2.05) is 0 Å². The van der Waals surface area contributed by atoms with Crippen LogP contribution in [0.1, 0.15) is 0 Å². The molecule has 2 aromatic rings. The smallest absolute Gasteiger partial charge is 0.241 e. The fourth-order valence-corrected chi connectivity index (χ4v) is 1.76. The molecule has 1 aromatic heterocycles. The quantitative estimate of drug-likeness (QED) is 0.752. The van der Waals surface area contributed by atoms with Crippen LogP contribution in [-0.4, -0.2) is 15.3 Å². The van der Waals surface area contributed by atoms with Crippen LogP contribution in [0.4, 0.5) is 13.2 Å². The Morgan fingerprint density at radius 1 is 1.12 bits per heavy atom. The van der Waals surface area contributed by atoms with E-state index < -0.39 is 5.51 Å². The van der Waals surface area contributed by atoms with Gasteiger partial charge < -0.3 is 0 Å². The SMILES string of the molecule is FC(F)(F)Sc1ccc(-n2cccn2)cc1. The molecule has 2 rings (SSSR count). The van der Waals surface area contributed by atoms with Crippen LogP contribution in [0.3, 0.4) is 0 Å². The number of aromatic nitrogens is 2. The predicted molar refractivity (Wildman–Crippen MR) is 55.5 cm³/mol. The maximum atomic E-state index is 12.1. The Morgan fingerprint density at radius 3 is 2.31 bits per heavy atom. The van der Waals surface area contributed by atoms with E-state index in [0.29, 0.717) is 0 Å². The summed E-state index contributed by atoms with van der Waals surface area (Å²) in [5, 5.41) is 3.98. The minimum atomic E-state index is -4.24. The van der Waals surface area contributed by atoms with Gasteiger partial charge in [-0.05, 0) is 42.1 Å². The third kappa shape index (κ3) is 2.79. The summed E-state index contributed by atoms with van der Waals surface area (Å²) in [4.78, 5) is 0.170. The van der Waals surface area contributed by atoms with Crippen LogP contribution in [0.15, 0.2) is 47.6 Å². The lowest BCUT2D eigenvalue weighted by molar-refractivity contribution is -0.0328. The van der Waals surface area contributed by atoms with Gasteiger partial charge in [0.25, 0.3) is 0 Å². The largest absolute Gasteiger partial charge is 0.446 e. The molecule has 1 heterocycles. The first-order valence-electron chi connectivity index (χ1n) is 4.40. The van der Waals surface area contributed by atoms with Gasteiger partial charge in [0.2, 0.25) is 0 Å². The summed E-state index contributed by atoms with van der Waals surface area (Å²) in [5.41, 5.74) is -3.51. The zero-order valence-corrected chi connectivity index (χ0v) is 8.79. The first kappa shape index (κ1) is 11.1. The van der Waals surface area contributed by atoms with E-state index in [4.69, 9.17) is 0 Å². The number of benzene rings is 1. The van der Waals surface area contributed by atoms with Crippen molar-refractivity contribution < 1.29 is 13.2 Å². The first-order valence-corrected chi connectivity index (χ1v) is 5.22. The molecule has 0 spiro atoms. The molecule has 0 N–H and O–H groups in total. The minimum Gasteiger partial charge on any atom is -0.241 e. The normalized spacial score (nSPS) is 11.7. The highest BCUT2D eigenvalue weighted by molar-refractivity contribution is 8.00. The average molecular weight is 244 g/mol. The van der Waals surface area contributed by atoms with Crippen molar-refractivity contribution in [3.8, 4) is 5.69 Å². The topological polar surface area (TPSA) is 17.8 Å². The van der Waals surface area contributed by atoms with Crippen molar-refractivity contribution in [2.24, 2.45) is 0 Å².